The summed E-state index contributed by atoms with van der Waals surface area (Å²) in [5, 5.41) is 11.0. The van der Waals surface area contributed by atoms with Gasteiger partial charge >= 0.3 is 5.97 Å². The van der Waals surface area contributed by atoms with E-state index >= 15 is 0 Å². The molecule has 1 aromatic rings. The van der Waals surface area contributed by atoms with Gasteiger partial charge in [0, 0.05) is 11.3 Å². The Labute approximate surface area is 93.3 Å². The Morgan fingerprint density at radius 1 is 1.44 bits per heavy atom. The normalized spacial score (nSPS) is 11.9. The molecule has 0 aromatic heterocycles. The van der Waals surface area contributed by atoms with Gasteiger partial charge in [-0.05, 0) is 37.6 Å². The lowest BCUT2D eigenvalue weighted by molar-refractivity contribution is -0.138. The molecule has 0 aliphatic heterocycles. The Kier molecular flexibility index (Phi) is 3.50. The number of carbonyl (C=O) groups is 2. The van der Waals surface area contributed by atoms with Crippen LogP contribution < -0.4 is 11.1 Å². The van der Waals surface area contributed by atoms with Crippen molar-refractivity contribution in [3.63, 3.8) is 0 Å². The molecule has 0 fully saturated rings. The van der Waals surface area contributed by atoms with Crippen molar-refractivity contribution in [2.45, 2.75) is 19.9 Å². The first-order valence-electron chi connectivity index (χ1n) is 4.81. The summed E-state index contributed by atoms with van der Waals surface area (Å²) >= 11 is 0. The van der Waals surface area contributed by atoms with Gasteiger partial charge in [-0.3, -0.25) is 9.59 Å². The number of amides is 1. The highest BCUT2D eigenvalue weighted by molar-refractivity contribution is 5.97. The van der Waals surface area contributed by atoms with Crippen molar-refractivity contribution in [3.8, 4) is 0 Å². The van der Waals surface area contributed by atoms with E-state index in [1.165, 1.54) is 6.92 Å². The molecule has 0 heterocycles. The molecular formula is C11H14N2O3. The maximum atomic E-state index is 11.6. The van der Waals surface area contributed by atoms with Crippen LogP contribution in [0.4, 0.5) is 5.69 Å². The van der Waals surface area contributed by atoms with Crippen LogP contribution in [0.2, 0.25) is 0 Å². The zero-order chi connectivity index (χ0) is 12.3. The van der Waals surface area contributed by atoms with Crippen molar-refractivity contribution in [2.24, 2.45) is 0 Å². The molecule has 86 valence electrons. The molecule has 0 aliphatic rings. The average Bonchev–Trinajstić information content (AvgIpc) is 2.21. The predicted molar refractivity (Wildman–Crippen MR) is 60.2 cm³/mol. The van der Waals surface area contributed by atoms with E-state index in [2.05, 4.69) is 5.32 Å². The Morgan fingerprint density at radius 3 is 2.56 bits per heavy atom. The van der Waals surface area contributed by atoms with Crippen LogP contribution in [-0.2, 0) is 4.79 Å². The quantitative estimate of drug-likeness (QED) is 0.659. The lowest BCUT2D eigenvalue weighted by Gasteiger charge is -2.10. The van der Waals surface area contributed by atoms with Crippen molar-refractivity contribution >= 4 is 17.6 Å². The lowest BCUT2D eigenvalue weighted by Crippen LogP contribution is -2.38. The summed E-state index contributed by atoms with van der Waals surface area (Å²) < 4.78 is 0. The second kappa shape index (κ2) is 4.65. The molecule has 0 saturated carbocycles. The van der Waals surface area contributed by atoms with Crippen LogP contribution in [0.25, 0.3) is 0 Å². The summed E-state index contributed by atoms with van der Waals surface area (Å²) in [4.78, 5) is 22.2. The number of aliphatic carboxylic acids is 1. The van der Waals surface area contributed by atoms with E-state index < -0.39 is 17.9 Å². The van der Waals surface area contributed by atoms with Crippen LogP contribution in [0.1, 0.15) is 22.8 Å². The van der Waals surface area contributed by atoms with Crippen LogP contribution >= 0.6 is 0 Å². The summed E-state index contributed by atoms with van der Waals surface area (Å²) in [7, 11) is 0. The predicted octanol–water partition coefficient (Wildman–Crippen LogP) is 0.780. The van der Waals surface area contributed by atoms with Gasteiger partial charge in [-0.1, -0.05) is 0 Å². The van der Waals surface area contributed by atoms with Crippen molar-refractivity contribution in [3.05, 3.63) is 29.3 Å². The Hall–Kier alpha value is -2.04. The number of hydrogen-bond acceptors (Lipinski definition) is 3. The molecule has 0 bridgehead atoms. The second-order valence-electron chi connectivity index (χ2n) is 3.60. The maximum Gasteiger partial charge on any atom is 0.325 e. The molecule has 5 heteroatoms. The van der Waals surface area contributed by atoms with Crippen LogP contribution in [-0.4, -0.2) is 23.0 Å². The van der Waals surface area contributed by atoms with Crippen LogP contribution in [0, 0.1) is 6.92 Å². The first kappa shape index (κ1) is 12.0. The molecule has 0 aliphatic carbocycles. The Bertz CT molecular complexity index is 429. The van der Waals surface area contributed by atoms with E-state index in [9.17, 15) is 9.59 Å². The molecule has 1 amide bonds. The minimum atomic E-state index is -1.07. The number of nitrogens with two attached hydrogens (primary N) is 1. The number of rotatable bonds is 3. The van der Waals surface area contributed by atoms with Crippen molar-refractivity contribution in [1.82, 2.24) is 5.32 Å². The third-order valence-electron chi connectivity index (χ3n) is 2.25. The SMILES string of the molecule is Cc1cc(C(=O)N[C@@H](C)C(=O)O)ccc1N. The first-order chi connectivity index (χ1) is 7.41. The second-order valence-corrected chi connectivity index (χ2v) is 3.60. The Balaban J connectivity index is 2.81. The number of carboxylic acids is 1. The number of benzene rings is 1. The zero-order valence-electron chi connectivity index (χ0n) is 9.15. The van der Waals surface area contributed by atoms with E-state index in [0.717, 1.165) is 5.56 Å². The van der Waals surface area contributed by atoms with Crippen molar-refractivity contribution in [1.29, 1.82) is 0 Å². The fourth-order valence-electron chi connectivity index (χ4n) is 1.16. The van der Waals surface area contributed by atoms with Gasteiger partial charge in [0.2, 0.25) is 0 Å². The number of nitrogen functional groups attached to an aromatic ring is 1. The van der Waals surface area contributed by atoms with Crippen molar-refractivity contribution < 1.29 is 14.7 Å². The average molecular weight is 222 g/mol. The molecule has 1 rings (SSSR count). The van der Waals surface area contributed by atoms with Gasteiger partial charge in [-0.2, -0.15) is 0 Å². The number of carbonyl (C=O) groups excluding carboxylic acids is 1. The smallest absolute Gasteiger partial charge is 0.325 e. The summed E-state index contributed by atoms with van der Waals surface area (Å²) in [6.07, 6.45) is 0. The fourth-order valence-corrected chi connectivity index (χ4v) is 1.16. The molecule has 0 saturated heterocycles. The minimum absolute atomic E-state index is 0.403. The van der Waals surface area contributed by atoms with Crippen LogP contribution in [0.5, 0.6) is 0 Å². The molecule has 5 nitrogen and oxygen atoms in total. The molecule has 0 spiro atoms. The van der Waals surface area contributed by atoms with E-state index in [4.69, 9.17) is 10.8 Å². The molecule has 0 unspecified atom stereocenters. The van der Waals surface area contributed by atoms with Gasteiger partial charge in [0.15, 0.2) is 0 Å². The Morgan fingerprint density at radius 2 is 2.06 bits per heavy atom. The third kappa shape index (κ3) is 2.73. The molecule has 16 heavy (non-hydrogen) atoms. The number of nitrogens with one attached hydrogen (secondary N) is 1. The highest BCUT2D eigenvalue weighted by Crippen LogP contribution is 2.12. The topological polar surface area (TPSA) is 92.4 Å². The highest BCUT2D eigenvalue weighted by Gasteiger charge is 2.15. The highest BCUT2D eigenvalue weighted by atomic mass is 16.4. The first-order valence-corrected chi connectivity index (χ1v) is 4.81. The molecule has 1 aromatic carbocycles. The van der Waals surface area contributed by atoms with Gasteiger partial charge in [0.05, 0.1) is 0 Å². The van der Waals surface area contributed by atoms with Gasteiger partial charge in [0.1, 0.15) is 6.04 Å². The van der Waals surface area contributed by atoms with Crippen LogP contribution in [0.3, 0.4) is 0 Å². The lowest BCUT2D eigenvalue weighted by atomic mass is 10.1. The van der Waals surface area contributed by atoms with Gasteiger partial charge < -0.3 is 16.2 Å². The molecule has 4 N–H and O–H groups in total. The monoisotopic (exact) mass is 222 g/mol. The summed E-state index contributed by atoms with van der Waals surface area (Å²) in [5.41, 5.74) is 7.40. The van der Waals surface area contributed by atoms with E-state index in [0.29, 0.717) is 11.3 Å². The number of aryl methyl sites for hydroxylation is 1. The fraction of sp³-hybridized carbons (Fsp3) is 0.273. The maximum absolute atomic E-state index is 11.6. The van der Waals surface area contributed by atoms with Crippen molar-refractivity contribution in [2.75, 3.05) is 5.73 Å². The third-order valence-corrected chi connectivity index (χ3v) is 2.25. The van der Waals surface area contributed by atoms with E-state index in [1.807, 2.05) is 0 Å². The summed E-state index contributed by atoms with van der Waals surface area (Å²) in [6.45, 7) is 3.19. The largest absolute Gasteiger partial charge is 0.480 e. The molecule has 1 atom stereocenters. The van der Waals surface area contributed by atoms with Gasteiger partial charge in [0.25, 0.3) is 5.91 Å². The molecular weight excluding hydrogens is 208 g/mol. The standard InChI is InChI=1S/C11H14N2O3/c1-6-5-8(3-4-9(6)12)10(14)13-7(2)11(15)16/h3-5,7H,12H2,1-2H3,(H,13,14)(H,15,16)/t7-/m0/s1. The van der Waals surface area contributed by atoms with Gasteiger partial charge in [-0.15, -0.1) is 0 Å². The number of anilines is 1. The van der Waals surface area contributed by atoms with Gasteiger partial charge in [-0.25, -0.2) is 0 Å². The zero-order valence-corrected chi connectivity index (χ0v) is 9.15. The number of hydrogen-bond donors (Lipinski definition) is 3. The van der Waals surface area contributed by atoms with E-state index in [-0.39, 0.29) is 0 Å². The van der Waals surface area contributed by atoms with Crippen LogP contribution in [0.15, 0.2) is 18.2 Å². The summed E-state index contributed by atoms with van der Waals surface area (Å²) in [5.74, 6) is -1.49. The summed E-state index contributed by atoms with van der Waals surface area (Å²) in [6, 6.07) is 3.89. The van der Waals surface area contributed by atoms with E-state index in [1.54, 1.807) is 25.1 Å². The minimum Gasteiger partial charge on any atom is -0.480 e. The number of carboxylic acid groups (broad SMARTS) is 1. The molecule has 0 radical (unpaired) electrons.